The van der Waals surface area contributed by atoms with Crippen molar-refractivity contribution in [3.05, 3.63) is 59.7 Å². The molecule has 0 saturated carbocycles. The molecule has 0 saturated heterocycles. The van der Waals surface area contributed by atoms with Crippen molar-refractivity contribution in [1.82, 2.24) is 10.6 Å². The van der Waals surface area contributed by atoms with E-state index in [0.29, 0.717) is 6.54 Å². The minimum Gasteiger partial charge on any atom is -0.480 e. The van der Waals surface area contributed by atoms with E-state index in [0.717, 1.165) is 22.3 Å². The van der Waals surface area contributed by atoms with Gasteiger partial charge in [-0.3, -0.25) is 0 Å². The molecule has 2 aromatic carbocycles. The van der Waals surface area contributed by atoms with Crippen molar-refractivity contribution >= 4 is 12.1 Å². The second-order valence-electron chi connectivity index (χ2n) is 6.25. The monoisotopic (exact) mass is 354 g/mol. The summed E-state index contributed by atoms with van der Waals surface area (Å²) in [5, 5.41) is 14.5. The second-order valence-corrected chi connectivity index (χ2v) is 6.25. The minimum atomic E-state index is -1.08. The van der Waals surface area contributed by atoms with Crippen LogP contribution in [0.1, 0.15) is 23.5 Å². The third-order valence-electron chi connectivity index (χ3n) is 4.62. The smallest absolute Gasteiger partial charge is 0.407 e. The molecule has 3 N–H and O–H groups in total. The van der Waals surface area contributed by atoms with Crippen molar-refractivity contribution in [2.45, 2.75) is 18.4 Å². The highest BCUT2D eigenvalue weighted by molar-refractivity contribution is 5.81. The number of hydrogen-bond donors (Lipinski definition) is 3. The Hall–Kier alpha value is -2.86. The third-order valence-corrected chi connectivity index (χ3v) is 4.62. The van der Waals surface area contributed by atoms with Crippen LogP contribution in [-0.2, 0) is 9.53 Å². The summed E-state index contributed by atoms with van der Waals surface area (Å²) in [6, 6.07) is 15.1. The quantitative estimate of drug-likeness (QED) is 0.711. The Balaban J connectivity index is 1.68. The molecule has 136 valence electrons. The predicted octanol–water partition coefficient (Wildman–Crippen LogP) is 2.59. The molecule has 1 atom stereocenters. The molecule has 2 aromatic rings. The average Bonchev–Trinajstić information content (AvgIpc) is 2.97. The number of carboxylic acids is 1. The topological polar surface area (TPSA) is 87.7 Å². The summed E-state index contributed by atoms with van der Waals surface area (Å²) >= 11 is 0. The lowest BCUT2D eigenvalue weighted by molar-refractivity contribution is -0.139. The van der Waals surface area contributed by atoms with Gasteiger partial charge in [0.2, 0.25) is 0 Å². The van der Waals surface area contributed by atoms with Crippen molar-refractivity contribution in [3.8, 4) is 11.1 Å². The molecule has 0 spiro atoms. The van der Waals surface area contributed by atoms with Crippen molar-refractivity contribution < 1.29 is 19.4 Å². The number of alkyl carbamates (subject to hydrolysis) is 1. The van der Waals surface area contributed by atoms with Crippen LogP contribution in [0, 0.1) is 0 Å². The molecule has 0 bridgehead atoms. The van der Waals surface area contributed by atoms with E-state index in [-0.39, 0.29) is 18.9 Å². The molecule has 1 aliphatic carbocycles. The maximum atomic E-state index is 12.1. The van der Waals surface area contributed by atoms with E-state index in [1.165, 1.54) is 0 Å². The Morgan fingerprint density at radius 3 is 2.19 bits per heavy atom. The van der Waals surface area contributed by atoms with E-state index in [1.54, 1.807) is 7.05 Å². The summed E-state index contributed by atoms with van der Waals surface area (Å²) in [5.74, 6) is -1.12. The van der Waals surface area contributed by atoms with Gasteiger partial charge < -0.3 is 20.5 Å². The number of carboxylic acid groups (broad SMARTS) is 1. The highest BCUT2D eigenvalue weighted by atomic mass is 16.5. The van der Waals surface area contributed by atoms with Gasteiger partial charge in [0.25, 0.3) is 0 Å². The number of aliphatic carboxylic acids is 1. The number of ether oxygens (including phenoxy) is 1. The predicted molar refractivity (Wildman–Crippen MR) is 98.2 cm³/mol. The second kappa shape index (κ2) is 8.01. The van der Waals surface area contributed by atoms with Crippen molar-refractivity contribution in [2.75, 3.05) is 20.2 Å². The molecular formula is C20H22N2O4. The molecule has 1 aliphatic rings. The number of benzene rings is 2. The molecule has 1 amide bonds. The molecule has 6 heteroatoms. The molecule has 0 heterocycles. The third kappa shape index (κ3) is 3.70. The Morgan fingerprint density at radius 1 is 1.08 bits per heavy atom. The fourth-order valence-corrected chi connectivity index (χ4v) is 3.33. The highest BCUT2D eigenvalue weighted by Gasteiger charge is 2.29. The zero-order valence-electron chi connectivity index (χ0n) is 14.6. The van der Waals surface area contributed by atoms with E-state index in [1.807, 2.05) is 36.4 Å². The van der Waals surface area contributed by atoms with Crippen LogP contribution < -0.4 is 10.6 Å². The Labute approximate surface area is 152 Å². The first-order valence-electron chi connectivity index (χ1n) is 8.60. The molecule has 0 aliphatic heterocycles. The van der Waals surface area contributed by atoms with Crippen LogP contribution in [-0.4, -0.2) is 43.4 Å². The van der Waals surface area contributed by atoms with Crippen LogP contribution in [0.5, 0.6) is 0 Å². The summed E-state index contributed by atoms with van der Waals surface area (Å²) in [5.41, 5.74) is 4.53. The zero-order valence-corrected chi connectivity index (χ0v) is 14.6. The van der Waals surface area contributed by atoms with Crippen LogP contribution >= 0.6 is 0 Å². The van der Waals surface area contributed by atoms with Crippen LogP contribution in [0.3, 0.4) is 0 Å². The number of carbonyl (C=O) groups is 2. The lowest BCUT2D eigenvalue weighted by Gasteiger charge is -2.17. The lowest BCUT2D eigenvalue weighted by Crippen LogP contribution is -2.42. The molecule has 0 radical (unpaired) electrons. The van der Waals surface area contributed by atoms with Gasteiger partial charge in [-0.1, -0.05) is 48.5 Å². The van der Waals surface area contributed by atoms with Gasteiger partial charge in [-0.15, -0.1) is 0 Å². The van der Waals surface area contributed by atoms with Gasteiger partial charge in [0, 0.05) is 5.92 Å². The highest BCUT2D eigenvalue weighted by Crippen LogP contribution is 2.44. The van der Waals surface area contributed by atoms with Gasteiger partial charge in [0.05, 0.1) is 0 Å². The van der Waals surface area contributed by atoms with E-state index in [2.05, 4.69) is 22.8 Å². The van der Waals surface area contributed by atoms with Gasteiger partial charge >= 0.3 is 12.1 Å². The van der Waals surface area contributed by atoms with Gasteiger partial charge in [-0.05, 0) is 42.3 Å². The fraction of sp³-hybridized carbons (Fsp3) is 0.300. The van der Waals surface area contributed by atoms with E-state index in [4.69, 9.17) is 4.74 Å². The minimum absolute atomic E-state index is 0.0475. The Morgan fingerprint density at radius 2 is 1.65 bits per heavy atom. The Kier molecular flexibility index (Phi) is 5.53. The molecule has 6 nitrogen and oxygen atoms in total. The number of amides is 1. The maximum Gasteiger partial charge on any atom is 0.407 e. The molecule has 26 heavy (non-hydrogen) atoms. The summed E-state index contributed by atoms with van der Waals surface area (Å²) in [7, 11) is 1.73. The summed E-state index contributed by atoms with van der Waals surface area (Å²) in [6.07, 6.45) is -0.425. The molecule has 0 aromatic heterocycles. The largest absolute Gasteiger partial charge is 0.480 e. The first kappa shape index (κ1) is 17.9. The molecule has 0 unspecified atom stereocenters. The number of carbonyl (C=O) groups excluding carboxylic acids is 1. The summed E-state index contributed by atoms with van der Waals surface area (Å²) in [6.45, 7) is 0.652. The lowest BCUT2D eigenvalue weighted by atomic mass is 9.98. The fourth-order valence-electron chi connectivity index (χ4n) is 3.33. The van der Waals surface area contributed by atoms with Gasteiger partial charge in [0.15, 0.2) is 0 Å². The average molecular weight is 354 g/mol. The van der Waals surface area contributed by atoms with Gasteiger partial charge in [0.1, 0.15) is 12.6 Å². The Bertz CT molecular complexity index is 760. The number of fused-ring (bicyclic) bond motifs is 3. The SMILES string of the molecule is CNCC[C@H](NC(=O)OCC1c2ccccc2-c2ccccc21)C(=O)O. The van der Waals surface area contributed by atoms with Crippen LogP contribution in [0.4, 0.5) is 4.79 Å². The van der Waals surface area contributed by atoms with Crippen LogP contribution in [0.2, 0.25) is 0 Å². The van der Waals surface area contributed by atoms with Gasteiger partial charge in [-0.25, -0.2) is 9.59 Å². The van der Waals surface area contributed by atoms with Crippen LogP contribution in [0.25, 0.3) is 11.1 Å². The van der Waals surface area contributed by atoms with Crippen molar-refractivity contribution in [1.29, 1.82) is 0 Å². The molecule has 3 rings (SSSR count). The standard InChI is InChI=1S/C20H22N2O4/c1-21-11-10-18(19(23)24)22-20(25)26-12-17-15-8-4-2-6-13(15)14-7-3-5-9-16(14)17/h2-9,17-18,21H,10-12H2,1H3,(H,22,25)(H,23,24)/t18-/m0/s1. The number of rotatable bonds is 7. The molecule has 0 fully saturated rings. The van der Waals surface area contributed by atoms with E-state index in [9.17, 15) is 14.7 Å². The number of hydrogen-bond acceptors (Lipinski definition) is 4. The molecular weight excluding hydrogens is 332 g/mol. The van der Waals surface area contributed by atoms with Crippen LogP contribution in [0.15, 0.2) is 48.5 Å². The normalized spacial score (nSPS) is 13.6. The first-order chi connectivity index (χ1) is 12.6. The summed E-state index contributed by atoms with van der Waals surface area (Å²) < 4.78 is 5.37. The number of nitrogens with one attached hydrogen (secondary N) is 2. The van der Waals surface area contributed by atoms with E-state index >= 15 is 0 Å². The zero-order chi connectivity index (χ0) is 18.5. The first-order valence-corrected chi connectivity index (χ1v) is 8.60. The maximum absolute atomic E-state index is 12.1. The summed E-state index contributed by atoms with van der Waals surface area (Å²) in [4.78, 5) is 23.3. The van der Waals surface area contributed by atoms with Crippen molar-refractivity contribution in [2.24, 2.45) is 0 Å². The van der Waals surface area contributed by atoms with Crippen molar-refractivity contribution in [3.63, 3.8) is 0 Å². The van der Waals surface area contributed by atoms with E-state index < -0.39 is 18.1 Å². The van der Waals surface area contributed by atoms with Gasteiger partial charge in [-0.2, -0.15) is 0 Å².